The maximum atomic E-state index is 12.2. The van der Waals surface area contributed by atoms with Crippen molar-refractivity contribution in [3.63, 3.8) is 0 Å². The molecule has 0 aliphatic carbocycles. The lowest BCUT2D eigenvalue weighted by molar-refractivity contribution is 0.409. The zero-order chi connectivity index (χ0) is 19.7. The molecule has 142 valence electrons. The summed E-state index contributed by atoms with van der Waals surface area (Å²) >= 11 is 6.34. The third-order valence-electron chi connectivity index (χ3n) is 4.77. The third-order valence-corrected chi connectivity index (χ3v) is 5.01. The van der Waals surface area contributed by atoms with E-state index in [0.29, 0.717) is 17.4 Å². The summed E-state index contributed by atoms with van der Waals surface area (Å²) in [6, 6.07) is 17.4. The molecule has 0 radical (unpaired) electrons. The van der Waals surface area contributed by atoms with E-state index in [0.717, 1.165) is 41.2 Å². The number of likely N-dealkylation sites (N-methyl/N-ethyl adjacent to an activating group) is 1. The van der Waals surface area contributed by atoms with Crippen molar-refractivity contribution in [1.82, 2.24) is 14.5 Å². The Labute approximate surface area is 168 Å². The maximum absolute atomic E-state index is 12.2. The molecule has 0 N–H and O–H groups in total. The average Bonchev–Trinajstić information content (AvgIpc) is 2.83. The molecule has 28 heavy (non-hydrogen) atoms. The Hall–Kier alpha value is -2.76. The predicted octanol–water partition coefficient (Wildman–Crippen LogP) is 3.34. The van der Waals surface area contributed by atoms with Crippen LogP contribution in [0.15, 0.2) is 64.4 Å². The van der Waals surface area contributed by atoms with Crippen LogP contribution in [-0.4, -0.2) is 40.8 Å². The molecule has 0 bridgehead atoms. The quantitative estimate of drug-likeness (QED) is 0.684. The number of nitrogens with zero attached hydrogens (tertiary/aromatic N) is 4. The molecule has 1 aliphatic heterocycles. The fraction of sp³-hybridized carbons (Fsp3) is 0.227. The molecule has 5 nitrogen and oxygen atoms in total. The van der Waals surface area contributed by atoms with Gasteiger partial charge < -0.3 is 4.90 Å². The van der Waals surface area contributed by atoms with Gasteiger partial charge in [0.15, 0.2) is 0 Å². The lowest BCUT2D eigenvalue weighted by atomic mass is 10.0. The Morgan fingerprint density at radius 1 is 1.11 bits per heavy atom. The van der Waals surface area contributed by atoms with Crippen molar-refractivity contribution in [1.29, 1.82) is 0 Å². The molecular weight excluding hydrogens is 372 g/mol. The summed E-state index contributed by atoms with van der Waals surface area (Å²) in [5.74, 6) is 0.649. The number of aromatic nitrogens is 2. The van der Waals surface area contributed by atoms with Gasteiger partial charge in [-0.05, 0) is 32.3 Å². The monoisotopic (exact) mass is 392 g/mol. The molecule has 0 saturated carbocycles. The van der Waals surface area contributed by atoms with Gasteiger partial charge in [0, 0.05) is 40.9 Å². The van der Waals surface area contributed by atoms with Crippen molar-refractivity contribution in [2.75, 3.05) is 20.6 Å². The second-order valence-corrected chi connectivity index (χ2v) is 7.52. The third kappa shape index (κ3) is 3.63. The first kappa shape index (κ1) is 18.6. The zero-order valence-corrected chi connectivity index (χ0v) is 16.6. The molecule has 4 rings (SSSR count). The Kier molecular flexibility index (Phi) is 5.11. The van der Waals surface area contributed by atoms with Crippen molar-refractivity contribution in [3.05, 3.63) is 92.6 Å². The van der Waals surface area contributed by atoms with Gasteiger partial charge in [0.05, 0.1) is 17.9 Å². The minimum Gasteiger partial charge on any atom is -0.309 e. The van der Waals surface area contributed by atoms with Gasteiger partial charge >= 0.3 is 0 Å². The van der Waals surface area contributed by atoms with E-state index in [1.165, 1.54) is 0 Å². The molecule has 1 aromatic heterocycles. The molecule has 0 saturated heterocycles. The minimum absolute atomic E-state index is 0.228. The van der Waals surface area contributed by atoms with E-state index in [1.54, 1.807) is 6.07 Å². The zero-order valence-electron chi connectivity index (χ0n) is 15.9. The number of aliphatic imine (C=N–C) groups is 1. The highest BCUT2D eigenvalue weighted by atomic mass is 35.5. The van der Waals surface area contributed by atoms with E-state index >= 15 is 0 Å². The van der Waals surface area contributed by atoms with Crippen LogP contribution in [0.3, 0.4) is 0 Å². The van der Waals surface area contributed by atoms with Crippen molar-refractivity contribution in [2.45, 2.75) is 13.0 Å². The standard InChI is InChI=1S/C22H21ClN4O/c1-26(2)11-10-17-13-21(28)25-20-14-24-22(15-6-4-3-5-7-15)18-12-16(23)8-9-19(18)27(17)20/h3-9,12-13H,10-11,14H2,1-2H3. The molecule has 3 aromatic rings. The number of halogens is 1. The second kappa shape index (κ2) is 7.70. The fourth-order valence-electron chi connectivity index (χ4n) is 3.47. The molecule has 2 heterocycles. The number of benzene rings is 2. The highest BCUT2D eigenvalue weighted by Crippen LogP contribution is 2.28. The first-order chi connectivity index (χ1) is 13.5. The number of hydrogen-bond donors (Lipinski definition) is 0. The van der Waals surface area contributed by atoms with Crippen LogP contribution >= 0.6 is 11.6 Å². The van der Waals surface area contributed by atoms with Crippen LogP contribution < -0.4 is 5.56 Å². The van der Waals surface area contributed by atoms with Crippen molar-refractivity contribution >= 4 is 17.3 Å². The van der Waals surface area contributed by atoms with Gasteiger partial charge in [0.1, 0.15) is 5.82 Å². The van der Waals surface area contributed by atoms with E-state index in [4.69, 9.17) is 16.6 Å². The molecule has 0 amide bonds. The Morgan fingerprint density at radius 3 is 2.64 bits per heavy atom. The predicted molar refractivity (Wildman–Crippen MR) is 113 cm³/mol. The van der Waals surface area contributed by atoms with Crippen LogP contribution in [0.25, 0.3) is 5.69 Å². The normalized spacial score (nSPS) is 12.9. The highest BCUT2D eigenvalue weighted by molar-refractivity contribution is 6.31. The summed E-state index contributed by atoms with van der Waals surface area (Å²) in [6.07, 6.45) is 0.737. The van der Waals surface area contributed by atoms with Gasteiger partial charge in [-0.1, -0.05) is 41.9 Å². The van der Waals surface area contributed by atoms with Crippen LogP contribution in [0.1, 0.15) is 22.6 Å². The van der Waals surface area contributed by atoms with Crippen LogP contribution in [0.5, 0.6) is 0 Å². The fourth-order valence-corrected chi connectivity index (χ4v) is 3.65. The minimum atomic E-state index is -0.228. The lowest BCUT2D eigenvalue weighted by Gasteiger charge is -2.19. The van der Waals surface area contributed by atoms with Gasteiger partial charge in [0.25, 0.3) is 5.56 Å². The average molecular weight is 393 g/mol. The smallest absolute Gasteiger partial charge is 0.273 e. The molecule has 0 fully saturated rings. The Morgan fingerprint density at radius 2 is 1.89 bits per heavy atom. The summed E-state index contributed by atoms with van der Waals surface area (Å²) in [6.45, 7) is 1.17. The molecular formula is C22H21ClN4O. The van der Waals surface area contributed by atoms with Gasteiger partial charge in [-0.2, -0.15) is 4.98 Å². The summed E-state index contributed by atoms with van der Waals surface area (Å²) in [4.78, 5) is 23.4. The molecule has 0 spiro atoms. The first-order valence-electron chi connectivity index (χ1n) is 9.19. The van der Waals surface area contributed by atoms with Crippen molar-refractivity contribution in [2.24, 2.45) is 4.99 Å². The van der Waals surface area contributed by atoms with Crippen molar-refractivity contribution < 1.29 is 0 Å². The molecule has 6 heteroatoms. The van der Waals surface area contributed by atoms with Crippen molar-refractivity contribution in [3.8, 4) is 5.69 Å². The highest BCUT2D eigenvalue weighted by Gasteiger charge is 2.21. The van der Waals surface area contributed by atoms with Crippen LogP contribution in [-0.2, 0) is 13.0 Å². The molecule has 2 aromatic carbocycles. The van der Waals surface area contributed by atoms with E-state index < -0.39 is 0 Å². The Bertz CT molecular complexity index is 1100. The van der Waals surface area contributed by atoms with E-state index in [-0.39, 0.29) is 5.56 Å². The second-order valence-electron chi connectivity index (χ2n) is 7.08. The summed E-state index contributed by atoms with van der Waals surface area (Å²) in [7, 11) is 4.04. The van der Waals surface area contributed by atoms with E-state index in [1.807, 2.05) is 62.6 Å². The topological polar surface area (TPSA) is 50.5 Å². The largest absolute Gasteiger partial charge is 0.309 e. The summed E-state index contributed by atoms with van der Waals surface area (Å²) in [5, 5.41) is 0.648. The van der Waals surface area contributed by atoms with Crippen LogP contribution in [0.4, 0.5) is 0 Å². The lowest BCUT2D eigenvalue weighted by Crippen LogP contribution is -2.23. The number of fused-ring (bicyclic) bond motifs is 3. The molecule has 1 aliphatic rings. The van der Waals surface area contributed by atoms with Gasteiger partial charge in [0.2, 0.25) is 0 Å². The van der Waals surface area contributed by atoms with Gasteiger partial charge in [-0.15, -0.1) is 0 Å². The molecule has 0 atom stereocenters. The number of rotatable bonds is 4. The van der Waals surface area contributed by atoms with Crippen LogP contribution in [0, 0.1) is 0 Å². The van der Waals surface area contributed by atoms with Gasteiger partial charge in [-0.25, -0.2) is 0 Å². The maximum Gasteiger partial charge on any atom is 0.273 e. The van der Waals surface area contributed by atoms with Gasteiger partial charge in [-0.3, -0.25) is 14.4 Å². The van der Waals surface area contributed by atoms with Crippen LogP contribution in [0.2, 0.25) is 5.02 Å². The molecule has 0 unspecified atom stereocenters. The van der Waals surface area contributed by atoms with E-state index in [9.17, 15) is 4.79 Å². The van der Waals surface area contributed by atoms with E-state index in [2.05, 4.69) is 14.5 Å². The first-order valence-corrected chi connectivity index (χ1v) is 9.57. The SMILES string of the molecule is CN(C)CCc1cc(=O)nc2n1-c1ccc(Cl)cc1C(c1ccccc1)=NC2. The number of hydrogen-bond acceptors (Lipinski definition) is 4. The summed E-state index contributed by atoms with van der Waals surface area (Å²) in [5.41, 5.74) is 4.45. The Balaban J connectivity index is 1.95. The summed E-state index contributed by atoms with van der Waals surface area (Å²) < 4.78 is 2.07.